The van der Waals surface area contributed by atoms with Crippen LogP contribution in [0.1, 0.15) is 24.8 Å². The van der Waals surface area contributed by atoms with Crippen molar-refractivity contribution in [3.05, 3.63) is 29.8 Å². The number of rotatable bonds is 5. The summed E-state index contributed by atoms with van der Waals surface area (Å²) in [5.74, 6) is 0.197. The maximum atomic E-state index is 11.9. The minimum Gasteiger partial charge on any atom is -0.363 e. The Kier molecular flexibility index (Phi) is 3.69. The van der Waals surface area contributed by atoms with Gasteiger partial charge in [0.2, 0.25) is 5.91 Å². The predicted octanol–water partition coefficient (Wildman–Crippen LogP) is 1.44. The van der Waals surface area contributed by atoms with E-state index < -0.39 is 0 Å². The van der Waals surface area contributed by atoms with Crippen LogP contribution in [-0.4, -0.2) is 24.5 Å². The van der Waals surface area contributed by atoms with Crippen molar-refractivity contribution in [3.63, 3.8) is 0 Å². The van der Waals surface area contributed by atoms with Crippen LogP contribution in [0.25, 0.3) is 0 Å². The molecule has 1 aliphatic heterocycles. The molecule has 2 amide bonds. The van der Waals surface area contributed by atoms with Crippen molar-refractivity contribution in [1.82, 2.24) is 5.32 Å². The van der Waals surface area contributed by atoms with E-state index in [4.69, 9.17) is 4.74 Å². The summed E-state index contributed by atoms with van der Waals surface area (Å²) in [6.45, 7) is 0.967. The van der Waals surface area contributed by atoms with Gasteiger partial charge in [0.15, 0.2) is 6.10 Å². The van der Waals surface area contributed by atoms with Crippen LogP contribution >= 0.6 is 0 Å². The average Bonchev–Trinajstić information content (AvgIpc) is 3.18. The fourth-order valence-corrected chi connectivity index (χ4v) is 2.18. The van der Waals surface area contributed by atoms with Gasteiger partial charge in [-0.05, 0) is 30.5 Å². The Labute approximate surface area is 117 Å². The van der Waals surface area contributed by atoms with Gasteiger partial charge in [-0.25, -0.2) is 0 Å². The van der Waals surface area contributed by atoms with Gasteiger partial charge < -0.3 is 15.4 Å². The molecule has 1 saturated carbocycles. The normalized spacial score (nSPS) is 20.9. The number of ether oxygens (including phenoxy) is 1. The Morgan fingerprint density at radius 3 is 2.70 bits per heavy atom. The molecule has 1 saturated heterocycles. The topological polar surface area (TPSA) is 70.7 Å². The Morgan fingerprint density at radius 1 is 1.25 bits per heavy atom. The summed E-state index contributed by atoms with van der Waals surface area (Å²) in [5, 5.41) is 5.74. The molecule has 106 valence electrons. The summed E-state index contributed by atoms with van der Waals surface area (Å²) in [4.78, 5) is 23.3. The van der Waals surface area contributed by atoms with Crippen molar-refractivity contribution < 1.29 is 14.3 Å². The molecule has 1 aromatic rings. The molecule has 20 heavy (non-hydrogen) atoms. The van der Waals surface area contributed by atoms with Crippen LogP contribution in [0.2, 0.25) is 0 Å². The monoisotopic (exact) mass is 274 g/mol. The van der Waals surface area contributed by atoms with Crippen LogP contribution in [0.5, 0.6) is 0 Å². The van der Waals surface area contributed by atoms with Gasteiger partial charge in [0.25, 0.3) is 5.91 Å². The summed E-state index contributed by atoms with van der Waals surface area (Å²) in [7, 11) is 0. The Morgan fingerprint density at radius 2 is 2.05 bits per heavy atom. The molecular formula is C15H18N2O3. The summed E-state index contributed by atoms with van der Waals surface area (Å²) in [5.41, 5.74) is 1.75. The molecule has 1 unspecified atom stereocenters. The smallest absolute Gasteiger partial charge is 0.251 e. The first kappa shape index (κ1) is 13.1. The summed E-state index contributed by atoms with van der Waals surface area (Å²) in [6.07, 6.45) is 2.86. The third-order valence-corrected chi connectivity index (χ3v) is 3.76. The first-order valence-corrected chi connectivity index (χ1v) is 7.01. The molecule has 1 aromatic carbocycles. The number of hydrogen-bond donors (Lipinski definition) is 2. The zero-order valence-electron chi connectivity index (χ0n) is 11.2. The maximum Gasteiger partial charge on any atom is 0.251 e. The number of epoxide rings is 1. The van der Waals surface area contributed by atoms with Gasteiger partial charge in [-0.3, -0.25) is 9.59 Å². The number of amides is 2. The standard InChI is InChI=1S/C15H18N2O3/c18-14(11-4-2-5-11)17-12-6-1-3-10(7-12)8-16-15(19)13-9-20-13/h1,3,6-7,11,13H,2,4-5,8-9H2,(H,16,19)(H,17,18). The van der Waals surface area contributed by atoms with E-state index in [2.05, 4.69) is 10.6 Å². The zero-order chi connectivity index (χ0) is 13.9. The molecule has 0 radical (unpaired) electrons. The molecule has 1 atom stereocenters. The van der Waals surface area contributed by atoms with Crippen LogP contribution in [0.3, 0.4) is 0 Å². The lowest BCUT2D eigenvalue weighted by Gasteiger charge is -2.24. The molecule has 0 spiro atoms. The van der Waals surface area contributed by atoms with Crippen LogP contribution in [-0.2, 0) is 20.9 Å². The largest absolute Gasteiger partial charge is 0.363 e. The number of anilines is 1. The zero-order valence-corrected chi connectivity index (χ0v) is 11.2. The second-order valence-corrected chi connectivity index (χ2v) is 5.36. The minimum absolute atomic E-state index is 0.0751. The summed E-state index contributed by atoms with van der Waals surface area (Å²) >= 11 is 0. The first-order chi connectivity index (χ1) is 9.72. The second kappa shape index (κ2) is 5.63. The molecule has 0 bridgehead atoms. The molecule has 1 aliphatic carbocycles. The summed E-state index contributed by atoms with van der Waals surface area (Å²) in [6, 6.07) is 7.56. The van der Waals surface area contributed by atoms with Crippen molar-refractivity contribution >= 4 is 17.5 Å². The highest BCUT2D eigenvalue weighted by Gasteiger charge is 2.30. The van der Waals surface area contributed by atoms with Crippen molar-refractivity contribution in [2.24, 2.45) is 5.92 Å². The predicted molar refractivity (Wildman–Crippen MR) is 74.0 cm³/mol. The number of carbonyl (C=O) groups excluding carboxylic acids is 2. The lowest BCUT2D eigenvalue weighted by Crippen LogP contribution is -2.28. The van der Waals surface area contributed by atoms with E-state index in [1.807, 2.05) is 24.3 Å². The lowest BCUT2D eigenvalue weighted by atomic mass is 9.85. The molecule has 0 aromatic heterocycles. The fourth-order valence-electron chi connectivity index (χ4n) is 2.18. The van der Waals surface area contributed by atoms with E-state index in [0.717, 1.165) is 30.5 Å². The number of carbonyl (C=O) groups is 2. The van der Waals surface area contributed by atoms with E-state index in [1.165, 1.54) is 0 Å². The Bertz CT molecular complexity index is 522. The highest BCUT2D eigenvalue weighted by molar-refractivity contribution is 5.93. The Balaban J connectivity index is 1.54. The molecular weight excluding hydrogens is 256 g/mol. The van der Waals surface area contributed by atoms with E-state index in [0.29, 0.717) is 13.2 Å². The molecule has 1 heterocycles. The average molecular weight is 274 g/mol. The third kappa shape index (κ3) is 3.17. The Hall–Kier alpha value is -1.88. The highest BCUT2D eigenvalue weighted by atomic mass is 16.6. The van der Waals surface area contributed by atoms with Crippen molar-refractivity contribution in [2.75, 3.05) is 11.9 Å². The van der Waals surface area contributed by atoms with E-state index in [1.54, 1.807) is 0 Å². The van der Waals surface area contributed by atoms with E-state index in [9.17, 15) is 9.59 Å². The second-order valence-electron chi connectivity index (χ2n) is 5.36. The molecule has 3 rings (SSSR count). The van der Waals surface area contributed by atoms with Crippen molar-refractivity contribution in [1.29, 1.82) is 0 Å². The maximum absolute atomic E-state index is 11.9. The van der Waals surface area contributed by atoms with Gasteiger partial charge >= 0.3 is 0 Å². The lowest BCUT2D eigenvalue weighted by molar-refractivity contribution is -0.123. The number of benzene rings is 1. The van der Waals surface area contributed by atoms with Crippen LogP contribution in [0.4, 0.5) is 5.69 Å². The van der Waals surface area contributed by atoms with Crippen LogP contribution in [0.15, 0.2) is 24.3 Å². The number of hydrogen-bond acceptors (Lipinski definition) is 3. The first-order valence-electron chi connectivity index (χ1n) is 7.01. The van der Waals surface area contributed by atoms with Crippen molar-refractivity contribution in [3.8, 4) is 0 Å². The SMILES string of the molecule is O=C(Nc1cccc(CNC(=O)C2CO2)c1)C1CCC1. The quantitative estimate of drug-likeness (QED) is 0.798. The van der Waals surface area contributed by atoms with Gasteiger partial charge in [-0.15, -0.1) is 0 Å². The third-order valence-electron chi connectivity index (χ3n) is 3.76. The number of nitrogens with one attached hydrogen (secondary N) is 2. The van der Waals surface area contributed by atoms with Gasteiger partial charge in [0, 0.05) is 18.2 Å². The molecule has 5 heteroatoms. The van der Waals surface area contributed by atoms with Gasteiger partial charge in [0.05, 0.1) is 6.61 Å². The van der Waals surface area contributed by atoms with Crippen molar-refractivity contribution in [2.45, 2.75) is 31.9 Å². The van der Waals surface area contributed by atoms with E-state index >= 15 is 0 Å². The summed E-state index contributed by atoms with van der Waals surface area (Å²) < 4.78 is 4.91. The molecule has 2 aliphatic rings. The van der Waals surface area contributed by atoms with Crippen LogP contribution in [0, 0.1) is 5.92 Å². The van der Waals surface area contributed by atoms with Gasteiger partial charge in [-0.2, -0.15) is 0 Å². The fraction of sp³-hybridized carbons (Fsp3) is 0.467. The van der Waals surface area contributed by atoms with Gasteiger partial charge in [-0.1, -0.05) is 18.6 Å². The highest BCUT2D eigenvalue weighted by Crippen LogP contribution is 2.27. The van der Waals surface area contributed by atoms with E-state index in [-0.39, 0.29) is 23.8 Å². The molecule has 2 fully saturated rings. The molecule has 2 N–H and O–H groups in total. The molecule has 5 nitrogen and oxygen atoms in total. The van der Waals surface area contributed by atoms with Crippen LogP contribution < -0.4 is 10.6 Å². The van der Waals surface area contributed by atoms with Gasteiger partial charge in [0.1, 0.15) is 0 Å². The minimum atomic E-state index is -0.267.